The van der Waals surface area contributed by atoms with Crippen LogP contribution in [0.25, 0.3) is 0 Å². The van der Waals surface area contributed by atoms with Crippen molar-refractivity contribution in [2.24, 2.45) is 12.9 Å². The third-order valence-electron chi connectivity index (χ3n) is 3.18. The van der Waals surface area contributed by atoms with Crippen molar-refractivity contribution in [3.05, 3.63) is 47.3 Å². The Kier molecular flexibility index (Phi) is 4.24. The van der Waals surface area contributed by atoms with Crippen LogP contribution in [0.3, 0.4) is 0 Å². The fourth-order valence-electron chi connectivity index (χ4n) is 2.07. The first kappa shape index (κ1) is 13.6. The number of nitrogens with zero attached hydrogens (tertiary/aromatic N) is 3. The van der Waals surface area contributed by atoms with Gasteiger partial charge in [-0.05, 0) is 18.6 Å². The molecule has 0 saturated heterocycles. The molecule has 5 nitrogen and oxygen atoms in total. The van der Waals surface area contributed by atoms with Crippen molar-refractivity contribution in [1.82, 2.24) is 20.2 Å². The summed E-state index contributed by atoms with van der Waals surface area (Å²) in [6.07, 6.45) is 4.20. The van der Waals surface area contributed by atoms with E-state index in [2.05, 4.69) is 15.5 Å². The Labute approximate surface area is 111 Å². The van der Waals surface area contributed by atoms with E-state index in [0.717, 1.165) is 17.8 Å². The molecule has 0 aliphatic carbocycles. The van der Waals surface area contributed by atoms with Crippen LogP contribution >= 0.6 is 0 Å². The number of hydrogen-bond donors (Lipinski definition) is 2. The minimum absolute atomic E-state index is 0.303. The number of aryl methyl sites for hydroxylation is 2. The molecule has 2 aromatic rings. The molecule has 2 aromatic heterocycles. The third-order valence-corrected chi connectivity index (χ3v) is 3.18. The number of nitrogens with one attached hydrogen (secondary N) is 1. The van der Waals surface area contributed by atoms with Gasteiger partial charge in [0.25, 0.3) is 0 Å². The van der Waals surface area contributed by atoms with Crippen molar-refractivity contribution >= 4 is 0 Å². The number of hydrogen-bond acceptors (Lipinski definition) is 4. The topological polar surface area (TPSA) is 68.8 Å². The van der Waals surface area contributed by atoms with Gasteiger partial charge in [0.2, 0.25) is 0 Å². The average molecular weight is 263 g/mol. The molecule has 1 unspecified atom stereocenters. The van der Waals surface area contributed by atoms with Crippen molar-refractivity contribution in [2.75, 3.05) is 0 Å². The molecule has 0 spiro atoms. The smallest absolute Gasteiger partial charge is 0.146 e. The summed E-state index contributed by atoms with van der Waals surface area (Å²) in [7, 11) is 1.88. The van der Waals surface area contributed by atoms with Gasteiger partial charge in [0, 0.05) is 30.9 Å². The van der Waals surface area contributed by atoms with Gasteiger partial charge in [-0.25, -0.2) is 4.39 Å². The minimum Gasteiger partial charge on any atom is -0.272 e. The van der Waals surface area contributed by atoms with Gasteiger partial charge >= 0.3 is 0 Å². The van der Waals surface area contributed by atoms with Crippen molar-refractivity contribution in [1.29, 1.82) is 0 Å². The van der Waals surface area contributed by atoms with Gasteiger partial charge in [-0.3, -0.25) is 20.9 Å². The Morgan fingerprint density at radius 3 is 2.89 bits per heavy atom. The Morgan fingerprint density at radius 2 is 2.32 bits per heavy atom. The Hall–Kier alpha value is -1.79. The van der Waals surface area contributed by atoms with E-state index in [-0.39, 0.29) is 11.9 Å². The largest absolute Gasteiger partial charge is 0.272 e. The molecule has 0 amide bonds. The summed E-state index contributed by atoms with van der Waals surface area (Å²) < 4.78 is 15.5. The van der Waals surface area contributed by atoms with Crippen molar-refractivity contribution < 1.29 is 4.39 Å². The quantitative estimate of drug-likeness (QED) is 0.629. The second kappa shape index (κ2) is 5.90. The molecule has 0 aliphatic rings. The molecule has 0 saturated carbocycles. The van der Waals surface area contributed by atoms with E-state index in [9.17, 15) is 4.39 Å². The molecule has 2 heterocycles. The number of hydrazine groups is 1. The highest BCUT2D eigenvalue weighted by Crippen LogP contribution is 2.20. The molecule has 3 N–H and O–H groups in total. The number of aromatic nitrogens is 3. The first-order valence-corrected chi connectivity index (χ1v) is 6.23. The van der Waals surface area contributed by atoms with Gasteiger partial charge < -0.3 is 0 Å². The minimum atomic E-state index is -0.358. The maximum absolute atomic E-state index is 13.7. The second-order valence-corrected chi connectivity index (χ2v) is 4.42. The SMILES string of the molecule is CCc1cc(CC(NN)c2ccncc2F)n(C)n1. The predicted molar refractivity (Wildman–Crippen MR) is 70.5 cm³/mol. The van der Waals surface area contributed by atoms with Gasteiger partial charge in [0.1, 0.15) is 5.82 Å². The molecule has 0 aliphatic heterocycles. The molecule has 2 rings (SSSR count). The summed E-state index contributed by atoms with van der Waals surface area (Å²) in [6.45, 7) is 2.05. The predicted octanol–water partition coefficient (Wildman–Crippen LogP) is 1.26. The zero-order chi connectivity index (χ0) is 13.8. The van der Waals surface area contributed by atoms with E-state index in [1.54, 1.807) is 12.3 Å². The van der Waals surface area contributed by atoms with Gasteiger partial charge in [-0.1, -0.05) is 6.92 Å². The van der Waals surface area contributed by atoms with Gasteiger partial charge in [0.05, 0.1) is 17.9 Å². The van der Waals surface area contributed by atoms with E-state index < -0.39 is 0 Å². The van der Waals surface area contributed by atoms with Crippen LogP contribution < -0.4 is 11.3 Å². The van der Waals surface area contributed by atoms with Crippen LogP contribution in [0, 0.1) is 5.82 Å². The number of pyridine rings is 1. The molecule has 102 valence electrons. The molecule has 6 heteroatoms. The van der Waals surface area contributed by atoms with Crippen LogP contribution in [0.15, 0.2) is 24.5 Å². The van der Waals surface area contributed by atoms with E-state index in [1.807, 2.05) is 24.7 Å². The van der Waals surface area contributed by atoms with Gasteiger partial charge in [-0.15, -0.1) is 0 Å². The maximum atomic E-state index is 13.7. The number of nitrogens with two attached hydrogens (primary N) is 1. The molecule has 0 bridgehead atoms. The zero-order valence-corrected chi connectivity index (χ0v) is 11.1. The molecule has 0 fully saturated rings. The highest BCUT2D eigenvalue weighted by atomic mass is 19.1. The molecular weight excluding hydrogens is 245 g/mol. The first-order chi connectivity index (χ1) is 9.15. The molecular formula is C13H18FN5. The van der Waals surface area contributed by atoms with E-state index >= 15 is 0 Å². The van der Waals surface area contributed by atoms with Crippen LogP contribution in [0.4, 0.5) is 4.39 Å². The lowest BCUT2D eigenvalue weighted by Crippen LogP contribution is -2.30. The van der Waals surface area contributed by atoms with Crippen LogP contribution in [0.5, 0.6) is 0 Å². The highest BCUT2D eigenvalue weighted by molar-refractivity contribution is 5.21. The third kappa shape index (κ3) is 2.97. The lowest BCUT2D eigenvalue weighted by Gasteiger charge is -2.16. The van der Waals surface area contributed by atoms with Crippen LogP contribution in [-0.2, 0) is 19.9 Å². The average Bonchev–Trinajstić information content (AvgIpc) is 2.77. The lowest BCUT2D eigenvalue weighted by molar-refractivity contribution is 0.495. The van der Waals surface area contributed by atoms with Crippen molar-refractivity contribution in [3.8, 4) is 0 Å². The van der Waals surface area contributed by atoms with E-state index in [0.29, 0.717) is 12.0 Å². The maximum Gasteiger partial charge on any atom is 0.146 e. The standard InChI is InChI=1S/C13H18FN5/c1-3-9-6-10(19(2)18-9)7-13(17-15)11-4-5-16-8-12(11)14/h4-6,8,13,17H,3,7,15H2,1-2H3. The summed E-state index contributed by atoms with van der Waals surface area (Å²) in [5.41, 5.74) is 5.19. The molecule has 19 heavy (non-hydrogen) atoms. The van der Waals surface area contributed by atoms with Crippen LogP contribution in [0.1, 0.15) is 29.9 Å². The van der Waals surface area contributed by atoms with E-state index in [1.165, 1.54) is 6.20 Å². The van der Waals surface area contributed by atoms with Gasteiger partial charge in [-0.2, -0.15) is 5.10 Å². The Morgan fingerprint density at radius 1 is 1.53 bits per heavy atom. The van der Waals surface area contributed by atoms with Crippen molar-refractivity contribution in [3.63, 3.8) is 0 Å². The fourth-order valence-corrected chi connectivity index (χ4v) is 2.07. The number of halogens is 1. The monoisotopic (exact) mass is 263 g/mol. The number of rotatable bonds is 5. The fraction of sp³-hybridized carbons (Fsp3) is 0.385. The molecule has 1 atom stereocenters. The van der Waals surface area contributed by atoms with Crippen LogP contribution in [-0.4, -0.2) is 14.8 Å². The summed E-state index contributed by atoms with van der Waals surface area (Å²) in [5, 5.41) is 4.37. The Bertz CT molecular complexity index is 552. The van der Waals surface area contributed by atoms with Crippen LogP contribution in [0.2, 0.25) is 0 Å². The molecule has 0 radical (unpaired) electrons. The summed E-state index contributed by atoms with van der Waals surface area (Å²) >= 11 is 0. The summed E-state index contributed by atoms with van der Waals surface area (Å²) in [6, 6.07) is 3.35. The summed E-state index contributed by atoms with van der Waals surface area (Å²) in [5.74, 6) is 5.19. The Balaban J connectivity index is 2.24. The van der Waals surface area contributed by atoms with Gasteiger partial charge in [0.15, 0.2) is 0 Å². The van der Waals surface area contributed by atoms with Crippen molar-refractivity contribution in [2.45, 2.75) is 25.8 Å². The highest BCUT2D eigenvalue weighted by Gasteiger charge is 2.17. The van der Waals surface area contributed by atoms with E-state index in [4.69, 9.17) is 5.84 Å². The normalized spacial score (nSPS) is 12.6. The first-order valence-electron chi connectivity index (χ1n) is 6.23. The zero-order valence-electron chi connectivity index (χ0n) is 11.1. The summed E-state index contributed by atoms with van der Waals surface area (Å²) in [4.78, 5) is 3.74. The second-order valence-electron chi connectivity index (χ2n) is 4.42. The lowest BCUT2D eigenvalue weighted by atomic mass is 10.0. The molecule has 0 aromatic carbocycles.